The minimum Gasteiger partial charge on any atom is -0.497 e. The second kappa shape index (κ2) is 12.7. The van der Waals surface area contributed by atoms with E-state index in [1.165, 1.54) is 0 Å². The van der Waals surface area contributed by atoms with Gasteiger partial charge in [0.1, 0.15) is 23.9 Å². The lowest BCUT2D eigenvalue weighted by Gasteiger charge is -2.23. The SMILES string of the molecule is COc1ccc(C(NC(=O)OCC2c3ccccc3-c3ccccc32)c2ccc(OC(CN)C(N)=O)cc2)c(OC)c1. The molecule has 0 bridgehead atoms. The number of benzene rings is 4. The number of amides is 2. The van der Waals surface area contributed by atoms with Crippen LogP contribution in [0, 0.1) is 0 Å². The van der Waals surface area contributed by atoms with E-state index < -0.39 is 24.1 Å². The molecule has 4 aromatic rings. The summed E-state index contributed by atoms with van der Waals surface area (Å²) in [5, 5.41) is 3.01. The summed E-state index contributed by atoms with van der Waals surface area (Å²) >= 11 is 0. The van der Waals surface area contributed by atoms with Crippen LogP contribution in [0.25, 0.3) is 11.1 Å². The Labute approximate surface area is 244 Å². The molecular formula is C33H33N3O6. The molecule has 2 atom stereocenters. The van der Waals surface area contributed by atoms with E-state index in [1.807, 2.05) is 30.3 Å². The van der Waals surface area contributed by atoms with E-state index in [2.05, 4.69) is 29.6 Å². The molecule has 5 N–H and O–H groups in total. The Morgan fingerprint density at radius 2 is 1.45 bits per heavy atom. The molecule has 0 saturated heterocycles. The van der Waals surface area contributed by atoms with E-state index >= 15 is 0 Å². The van der Waals surface area contributed by atoms with Crippen molar-refractivity contribution in [2.45, 2.75) is 18.1 Å². The smallest absolute Gasteiger partial charge is 0.407 e. The molecule has 2 amide bonds. The second-order valence-electron chi connectivity index (χ2n) is 9.82. The van der Waals surface area contributed by atoms with Crippen molar-refractivity contribution in [3.63, 3.8) is 0 Å². The number of alkyl carbamates (subject to hydrolysis) is 1. The summed E-state index contributed by atoms with van der Waals surface area (Å²) < 4.78 is 22.5. The molecule has 5 rings (SSSR count). The van der Waals surface area contributed by atoms with Crippen LogP contribution >= 0.6 is 0 Å². The maximum Gasteiger partial charge on any atom is 0.407 e. The number of carbonyl (C=O) groups excluding carboxylic acids is 2. The summed E-state index contributed by atoms with van der Waals surface area (Å²) in [5.74, 6) is 0.817. The Bertz CT molecular complexity index is 1530. The molecule has 9 nitrogen and oxygen atoms in total. The molecule has 1 aliphatic rings. The van der Waals surface area contributed by atoms with Crippen molar-refractivity contribution >= 4 is 12.0 Å². The largest absolute Gasteiger partial charge is 0.497 e. The zero-order valence-electron chi connectivity index (χ0n) is 23.4. The fourth-order valence-electron chi connectivity index (χ4n) is 5.28. The van der Waals surface area contributed by atoms with E-state index in [9.17, 15) is 9.59 Å². The normalized spacial score (nSPS) is 13.3. The number of nitrogens with one attached hydrogen (secondary N) is 1. The Morgan fingerprint density at radius 3 is 2.02 bits per heavy atom. The highest BCUT2D eigenvalue weighted by molar-refractivity contribution is 5.80. The van der Waals surface area contributed by atoms with Crippen LogP contribution in [-0.4, -0.2) is 45.5 Å². The first-order valence-electron chi connectivity index (χ1n) is 13.5. The van der Waals surface area contributed by atoms with Gasteiger partial charge in [-0.05, 0) is 52.1 Å². The first-order valence-corrected chi connectivity index (χ1v) is 13.5. The van der Waals surface area contributed by atoms with Crippen LogP contribution in [0.3, 0.4) is 0 Å². The Balaban J connectivity index is 1.39. The van der Waals surface area contributed by atoms with E-state index in [4.69, 9.17) is 30.4 Å². The summed E-state index contributed by atoms with van der Waals surface area (Å²) in [4.78, 5) is 24.9. The van der Waals surface area contributed by atoms with Crippen molar-refractivity contribution < 1.29 is 28.5 Å². The van der Waals surface area contributed by atoms with Crippen molar-refractivity contribution in [2.24, 2.45) is 11.5 Å². The molecule has 9 heteroatoms. The number of hydrogen-bond acceptors (Lipinski definition) is 7. The molecule has 0 fully saturated rings. The third-order valence-corrected chi connectivity index (χ3v) is 7.38. The average molecular weight is 568 g/mol. The van der Waals surface area contributed by atoms with Gasteiger partial charge in [0.25, 0.3) is 5.91 Å². The van der Waals surface area contributed by atoms with Crippen molar-refractivity contribution in [2.75, 3.05) is 27.4 Å². The zero-order valence-corrected chi connectivity index (χ0v) is 23.4. The third kappa shape index (κ3) is 5.87. The fraction of sp³-hybridized carbons (Fsp3) is 0.212. The van der Waals surface area contributed by atoms with Crippen LogP contribution < -0.4 is 31.0 Å². The number of methoxy groups -OCH3 is 2. The maximum absolute atomic E-state index is 13.3. The molecule has 0 aliphatic heterocycles. The fourth-order valence-corrected chi connectivity index (χ4v) is 5.28. The Kier molecular flexibility index (Phi) is 8.59. The molecule has 42 heavy (non-hydrogen) atoms. The highest BCUT2D eigenvalue weighted by Gasteiger charge is 2.30. The standard InChI is InChI=1S/C33H33N3O6/c1-39-22-15-16-27(29(17-22)40-2)31(20-11-13-21(14-12-20)42-30(18-34)32(35)37)36-33(38)41-19-28-25-9-5-3-7-23(25)24-8-4-6-10-26(24)28/h3-17,28,30-31H,18-19,34H2,1-2H3,(H2,35,37)(H,36,38). The number of hydrogen-bond donors (Lipinski definition) is 3. The predicted octanol–water partition coefficient (Wildman–Crippen LogP) is 4.52. The number of carbonyl (C=O) groups is 2. The van der Waals surface area contributed by atoms with Crippen molar-refractivity contribution in [1.82, 2.24) is 5.32 Å². The highest BCUT2D eigenvalue weighted by Crippen LogP contribution is 2.44. The average Bonchev–Trinajstić information content (AvgIpc) is 3.35. The van der Waals surface area contributed by atoms with Crippen LogP contribution in [0.2, 0.25) is 0 Å². The van der Waals surface area contributed by atoms with E-state index in [0.717, 1.165) is 27.8 Å². The van der Waals surface area contributed by atoms with Gasteiger partial charge in [-0.3, -0.25) is 4.79 Å². The minimum atomic E-state index is -0.952. The molecule has 216 valence electrons. The highest BCUT2D eigenvalue weighted by atomic mass is 16.5. The molecule has 0 saturated carbocycles. The minimum absolute atomic E-state index is 0.0495. The number of primary amides is 1. The molecule has 1 aliphatic carbocycles. The number of ether oxygens (including phenoxy) is 4. The number of rotatable bonds is 11. The van der Waals surface area contributed by atoms with E-state index in [0.29, 0.717) is 22.8 Å². The molecule has 0 spiro atoms. The Morgan fingerprint density at radius 1 is 0.833 bits per heavy atom. The van der Waals surface area contributed by atoms with Gasteiger partial charge in [0, 0.05) is 24.1 Å². The van der Waals surface area contributed by atoms with Gasteiger partial charge in [0.2, 0.25) is 0 Å². The van der Waals surface area contributed by atoms with Crippen LogP contribution in [0.1, 0.15) is 34.2 Å². The number of nitrogens with two attached hydrogens (primary N) is 2. The monoisotopic (exact) mass is 567 g/mol. The van der Waals surface area contributed by atoms with Gasteiger partial charge in [-0.15, -0.1) is 0 Å². The van der Waals surface area contributed by atoms with Crippen molar-refractivity contribution in [3.05, 3.63) is 113 Å². The summed E-state index contributed by atoms with van der Waals surface area (Å²) in [6.07, 6.45) is -1.54. The first kappa shape index (κ1) is 28.5. The van der Waals surface area contributed by atoms with Gasteiger partial charge in [-0.2, -0.15) is 0 Å². The zero-order chi connectivity index (χ0) is 29.6. The van der Waals surface area contributed by atoms with Crippen molar-refractivity contribution in [1.29, 1.82) is 0 Å². The van der Waals surface area contributed by atoms with Gasteiger partial charge >= 0.3 is 6.09 Å². The second-order valence-corrected chi connectivity index (χ2v) is 9.82. The van der Waals surface area contributed by atoms with Crippen LogP contribution in [0.15, 0.2) is 91.0 Å². The lowest BCUT2D eigenvalue weighted by atomic mass is 9.97. The van der Waals surface area contributed by atoms with Gasteiger partial charge < -0.3 is 35.7 Å². The lowest BCUT2D eigenvalue weighted by Crippen LogP contribution is -2.39. The third-order valence-electron chi connectivity index (χ3n) is 7.38. The van der Waals surface area contributed by atoms with Crippen LogP contribution in [-0.2, 0) is 9.53 Å². The van der Waals surface area contributed by atoms with Crippen molar-refractivity contribution in [3.8, 4) is 28.4 Å². The van der Waals surface area contributed by atoms with Crippen LogP contribution in [0.5, 0.6) is 17.2 Å². The molecule has 0 aromatic heterocycles. The molecule has 4 aromatic carbocycles. The van der Waals surface area contributed by atoms with Crippen LogP contribution in [0.4, 0.5) is 4.79 Å². The summed E-state index contributed by atoms with van der Waals surface area (Å²) in [6.45, 7) is 0.124. The van der Waals surface area contributed by atoms with E-state index in [-0.39, 0.29) is 19.1 Å². The van der Waals surface area contributed by atoms with Gasteiger partial charge in [0.05, 0.1) is 20.3 Å². The predicted molar refractivity (Wildman–Crippen MR) is 159 cm³/mol. The van der Waals surface area contributed by atoms with Gasteiger partial charge in [0.15, 0.2) is 6.10 Å². The summed E-state index contributed by atoms with van der Waals surface area (Å²) in [6, 6.07) is 28.0. The van der Waals surface area contributed by atoms with Gasteiger partial charge in [-0.25, -0.2) is 4.79 Å². The quantitative estimate of drug-likeness (QED) is 0.242. The summed E-state index contributed by atoms with van der Waals surface area (Å²) in [5.41, 5.74) is 16.9. The Hall–Kier alpha value is -5.02. The molecule has 0 radical (unpaired) electrons. The van der Waals surface area contributed by atoms with Gasteiger partial charge in [-0.1, -0.05) is 60.7 Å². The van der Waals surface area contributed by atoms with E-state index in [1.54, 1.807) is 50.6 Å². The summed E-state index contributed by atoms with van der Waals surface area (Å²) in [7, 11) is 3.12. The maximum atomic E-state index is 13.3. The molecule has 2 unspecified atom stereocenters. The topological polar surface area (TPSA) is 135 Å². The number of fused-ring (bicyclic) bond motifs is 3. The molecule has 0 heterocycles. The first-order chi connectivity index (χ1) is 20.4. The molecular weight excluding hydrogens is 534 g/mol. The lowest BCUT2D eigenvalue weighted by molar-refractivity contribution is -0.124.